The van der Waals surface area contributed by atoms with Crippen molar-refractivity contribution in [1.29, 1.82) is 0 Å². The lowest BCUT2D eigenvalue weighted by molar-refractivity contribution is -0.157. The van der Waals surface area contributed by atoms with E-state index in [9.17, 15) is 4.79 Å². The zero-order chi connectivity index (χ0) is 15.5. The van der Waals surface area contributed by atoms with Crippen LogP contribution in [-0.2, 0) is 9.47 Å². The van der Waals surface area contributed by atoms with Crippen LogP contribution in [-0.4, -0.2) is 51.5 Å². The second-order valence-electron chi connectivity index (χ2n) is 6.24. The van der Waals surface area contributed by atoms with Crippen LogP contribution < -0.4 is 10.2 Å². The molecule has 22 heavy (non-hydrogen) atoms. The van der Waals surface area contributed by atoms with Gasteiger partial charge in [0.25, 0.3) is 5.91 Å². The Bertz CT molecular complexity index is 515. The highest BCUT2D eigenvalue weighted by Crippen LogP contribution is 2.27. The SMILES string of the molecule is CN(C)c1ccc(C(=O)NC2CCC3OCCOC3C2)cc1. The average molecular weight is 304 g/mol. The third-order valence-electron chi connectivity index (χ3n) is 4.46. The fourth-order valence-corrected chi connectivity index (χ4v) is 3.18. The first kappa shape index (κ1) is 15.3. The number of rotatable bonds is 3. The number of carbonyl (C=O) groups excluding carboxylic acids is 1. The van der Waals surface area contributed by atoms with Crippen LogP contribution in [0.25, 0.3) is 0 Å². The molecule has 0 radical (unpaired) electrons. The van der Waals surface area contributed by atoms with Gasteiger partial charge < -0.3 is 19.7 Å². The van der Waals surface area contributed by atoms with E-state index < -0.39 is 0 Å². The summed E-state index contributed by atoms with van der Waals surface area (Å²) >= 11 is 0. The van der Waals surface area contributed by atoms with Gasteiger partial charge in [0.05, 0.1) is 25.4 Å². The van der Waals surface area contributed by atoms with Gasteiger partial charge in [-0.25, -0.2) is 0 Å². The van der Waals surface area contributed by atoms with Gasteiger partial charge in [0.15, 0.2) is 0 Å². The second-order valence-corrected chi connectivity index (χ2v) is 6.24. The molecular formula is C17H24N2O3. The molecule has 3 rings (SSSR count). The first-order valence-corrected chi connectivity index (χ1v) is 7.95. The number of ether oxygens (including phenoxy) is 2. The number of anilines is 1. The third-order valence-corrected chi connectivity index (χ3v) is 4.46. The van der Waals surface area contributed by atoms with E-state index in [0.29, 0.717) is 18.8 Å². The predicted octanol–water partition coefficient (Wildman–Crippen LogP) is 1.82. The lowest BCUT2D eigenvalue weighted by Crippen LogP contribution is -2.49. The maximum absolute atomic E-state index is 12.4. The standard InChI is InChI=1S/C17H24N2O3/c1-19(2)14-6-3-12(4-7-14)17(20)18-13-5-8-15-16(11-13)22-10-9-21-15/h3-4,6-7,13,15-16H,5,8-11H2,1-2H3,(H,18,20). The fraction of sp³-hybridized carbons (Fsp3) is 0.588. The molecule has 1 aliphatic carbocycles. The minimum absolute atomic E-state index is 0.00881. The normalized spacial score (nSPS) is 27.8. The molecule has 0 spiro atoms. The van der Waals surface area contributed by atoms with Crippen LogP contribution in [0.1, 0.15) is 29.6 Å². The number of nitrogens with one attached hydrogen (secondary N) is 1. The van der Waals surface area contributed by atoms with Gasteiger partial charge in [0.1, 0.15) is 0 Å². The highest BCUT2D eigenvalue weighted by molar-refractivity contribution is 5.94. The highest BCUT2D eigenvalue weighted by atomic mass is 16.6. The summed E-state index contributed by atoms with van der Waals surface area (Å²) in [7, 11) is 3.97. The number of hydrogen-bond acceptors (Lipinski definition) is 4. The van der Waals surface area contributed by atoms with Crippen LogP contribution in [0, 0.1) is 0 Å². The van der Waals surface area contributed by atoms with Crippen LogP contribution in [0.4, 0.5) is 5.69 Å². The molecule has 1 aliphatic heterocycles. The molecule has 3 atom stereocenters. The van der Waals surface area contributed by atoms with Crippen LogP contribution in [0.15, 0.2) is 24.3 Å². The Hall–Kier alpha value is -1.59. The van der Waals surface area contributed by atoms with E-state index in [0.717, 1.165) is 24.9 Å². The molecule has 1 aromatic carbocycles. The van der Waals surface area contributed by atoms with Crippen molar-refractivity contribution in [2.75, 3.05) is 32.2 Å². The summed E-state index contributed by atoms with van der Waals surface area (Å²) in [5.41, 5.74) is 1.79. The van der Waals surface area contributed by atoms with Crippen molar-refractivity contribution >= 4 is 11.6 Å². The molecule has 120 valence electrons. The molecule has 1 saturated carbocycles. The molecule has 5 heteroatoms. The van der Waals surface area contributed by atoms with Crippen molar-refractivity contribution in [1.82, 2.24) is 5.32 Å². The van der Waals surface area contributed by atoms with E-state index in [1.165, 1.54) is 0 Å². The Kier molecular flexibility index (Phi) is 4.64. The summed E-state index contributed by atoms with van der Waals surface area (Å²) < 4.78 is 11.5. The number of fused-ring (bicyclic) bond motifs is 1. The molecular weight excluding hydrogens is 280 g/mol. The van der Waals surface area contributed by atoms with Crippen molar-refractivity contribution < 1.29 is 14.3 Å². The molecule has 1 aromatic rings. The van der Waals surface area contributed by atoms with Crippen molar-refractivity contribution in [3.05, 3.63) is 29.8 Å². The Labute approximate surface area is 131 Å². The summed E-state index contributed by atoms with van der Waals surface area (Å²) in [5, 5.41) is 3.13. The maximum Gasteiger partial charge on any atom is 0.251 e. The fourth-order valence-electron chi connectivity index (χ4n) is 3.18. The first-order chi connectivity index (χ1) is 10.6. The third kappa shape index (κ3) is 3.42. The summed E-state index contributed by atoms with van der Waals surface area (Å²) in [6.45, 7) is 1.35. The molecule has 5 nitrogen and oxygen atoms in total. The zero-order valence-electron chi connectivity index (χ0n) is 13.2. The van der Waals surface area contributed by atoms with E-state index in [4.69, 9.17) is 9.47 Å². The molecule has 1 amide bonds. The minimum atomic E-state index is -0.00881. The Morgan fingerprint density at radius 3 is 2.45 bits per heavy atom. The lowest BCUT2D eigenvalue weighted by Gasteiger charge is -2.39. The molecule has 2 aliphatic rings. The van der Waals surface area contributed by atoms with Gasteiger partial charge >= 0.3 is 0 Å². The second kappa shape index (κ2) is 6.67. The molecule has 1 saturated heterocycles. The minimum Gasteiger partial charge on any atom is -0.378 e. The van der Waals surface area contributed by atoms with Gasteiger partial charge in [-0.05, 0) is 43.5 Å². The van der Waals surface area contributed by atoms with E-state index >= 15 is 0 Å². The largest absolute Gasteiger partial charge is 0.378 e. The number of amides is 1. The van der Waals surface area contributed by atoms with Gasteiger partial charge in [-0.3, -0.25) is 4.79 Å². The van der Waals surface area contributed by atoms with Gasteiger partial charge in [-0.15, -0.1) is 0 Å². The monoisotopic (exact) mass is 304 g/mol. The first-order valence-electron chi connectivity index (χ1n) is 7.95. The van der Waals surface area contributed by atoms with Crippen LogP contribution >= 0.6 is 0 Å². The van der Waals surface area contributed by atoms with E-state index in [2.05, 4.69) is 5.32 Å². The van der Waals surface area contributed by atoms with Gasteiger partial charge in [-0.2, -0.15) is 0 Å². The van der Waals surface area contributed by atoms with Crippen molar-refractivity contribution in [3.8, 4) is 0 Å². The molecule has 1 heterocycles. The molecule has 2 fully saturated rings. The quantitative estimate of drug-likeness (QED) is 0.925. The predicted molar refractivity (Wildman–Crippen MR) is 85.4 cm³/mol. The van der Waals surface area contributed by atoms with Gasteiger partial charge in [0.2, 0.25) is 0 Å². The number of hydrogen-bond donors (Lipinski definition) is 1. The Balaban J connectivity index is 1.57. The van der Waals surface area contributed by atoms with Crippen LogP contribution in [0.5, 0.6) is 0 Å². The molecule has 0 aromatic heterocycles. The Morgan fingerprint density at radius 2 is 1.77 bits per heavy atom. The molecule has 0 bridgehead atoms. The number of carbonyl (C=O) groups is 1. The highest BCUT2D eigenvalue weighted by Gasteiger charge is 2.34. The smallest absolute Gasteiger partial charge is 0.251 e. The summed E-state index contributed by atoms with van der Waals surface area (Å²) in [5.74, 6) is -0.00881. The number of benzene rings is 1. The maximum atomic E-state index is 12.4. The zero-order valence-corrected chi connectivity index (χ0v) is 13.2. The topological polar surface area (TPSA) is 50.8 Å². The van der Waals surface area contributed by atoms with Crippen LogP contribution in [0.3, 0.4) is 0 Å². The number of nitrogens with zero attached hydrogens (tertiary/aromatic N) is 1. The van der Waals surface area contributed by atoms with Gasteiger partial charge in [-0.1, -0.05) is 0 Å². The van der Waals surface area contributed by atoms with E-state index in [-0.39, 0.29) is 24.2 Å². The average Bonchev–Trinajstić information content (AvgIpc) is 2.55. The molecule has 3 unspecified atom stereocenters. The summed E-state index contributed by atoms with van der Waals surface area (Å²) in [4.78, 5) is 14.4. The van der Waals surface area contributed by atoms with Crippen molar-refractivity contribution in [2.24, 2.45) is 0 Å². The van der Waals surface area contributed by atoms with Crippen LogP contribution in [0.2, 0.25) is 0 Å². The van der Waals surface area contributed by atoms with Crippen molar-refractivity contribution in [3.63, 3.8) is 0 Å². The summed E-state index contributed by atoms with van der Waals surface area (Å²) in [6.07, 6.45) is 3.08. The van der Waals surface area contributed by atoms with Crippen molar-refractivity contribution in [2.45, 2.75) is 37.5 Å². The Morgan fingerprint density at radius 1 is 1.09 bits per heavy atom. The van der Waals surface area contributed by atoms with E-state index in [1.807, 2.05) is 43.3 Å². The summed E-state index contributed by atoms with van der Waals surface area (Å²) in [6, 6.07) is 7.84. The van der Waals surface area contributed by atoms with E-state index in [1.54, 1.807) is 0 Å². The lowest BCUT2D eigenvalue weighted by atomic mass is 9.89. The molecule has 1 N–H and O–H groups in total. The van der Waals surface area contributed by atoms with Gasteiger partial charge in [0, 0.05) is 31.4 Å².